The maximum Gasteiger partial charge on any atom is 0.121 e. The van der Waals surface area contributed by atoms with Crippen molar-refractivity contribution in [2.75, 3.05) is 31.8 Å². The van der Waals surface area contributed by atoms with Gasteiger partial charge in [0.2, 0.25) is 0 Å². The van der Waals surface area contributed by atoms with Crippen LogP contribution < -0.4 is 16.2 Å². The number of ether oxygens (including phenoxy) is 2. The summed E-state index contributed by atoms with van der Waals surface area (Å²) in [7, 11) is 1.67. The predicted octanol–water partition coefficient (Wildman–Crippen LogP) is 4.22. The van der Waals surface area contributed by atoms with Crippen molar-refractivity contribution >= 4 is 22.3 Å². The molecule has 3 aromatic rings. The van der Waals surface area contributed by atoms with Gasteiger partial charge in [0.05, 0.1) is 23.5 Å². The van der Waals surface area contributed by atoms with Gasteiger partial charge in [-0.1, -0.05) is 12.1 Å². The Bertz CT molecular complexity index is 911. The van der Waals surface area contributed by atoms with Gasteiger partial charge in [-0.3, -0.25) is 0 Å². The van der Waals surface area contributed by atoms with E-state index in [0.29, 0.717) is 19.3 Å². The normalized spacial score (nSPS) is 14.5. The number of anilines is 2. The number of rotatable bonds is 6. The molecule has 0 bridgehead atoms. The first kappa shape index (κ1) is 16.8. The molecule has 0 unspecified atom stereocenters. The zero-order chi connectivity index (χ0) is 18.1. The van der Waals surface area contributed by atoms with Gasteiger partial charge in [-0.25, -0.2) is 0 Å². The number of hydrogen-bond acceptors (Lipinski definition) is 4. The number of aromatic nitrogens is 1. The van der Waals surface area contributed by atoms with Gasteiger partial charge in [-0.2, -0.15) is 0 Å². The predicted molar refractivity (Wildman–Crippen MR) is 106 cm³/mol. The fourth-order valence-corrected chi connectivity index (χ4v) is 3.61. The van der Waals surface area contributed by atoms with Gasteiger partial charge in [-0.05, 0) is 43.5 Å². The Labute approximate surface area is 153 Å². The van der Waals surface area contributed by atoms with Gasteiger partial charge in [0.1, 0.15) is 12.4 Å². The molecule has 0 atom stereocenters. The quantitative estimate of drug-likeness (QED) is 0.515. The molecule has 1 aliphatic carbocycles. The monoisotopic (exact) mass is 351 g/mol. The molecule has 2 aromatic carbocycles. The molecule has 1 heterocycles. The highest BCUT2D eigenvalue weighted by molar-refractivity contribution is 6.01. The van der Waals surface area contributed by atoms with Crippen LogP contribution in [0, 0.1) is 0 Å². The standard InChI is InChI=1S/C21H25N3O2/c1-25-11-12-26-17-9-10-18-19(13-17)24(16-3-2-4-16)21(20(18)23)14-5-7-15(22)8-6-14/h5-10,13,16H,2-4,11-12,22-23H2,1H3. The summed E-state index contributed by atoms with van der Waals surface area (Å²) < 4.78 is 13.3. The average Bonchev–Trinajstić information content (AvgIpc) is 2.87. The van der Waals surface area contributed by atoms with E-state index in [0.717, 1.165) is 39.3 Å². The van der Waals surface area contributed by atoms with Crippen LogP contribution in [-0.4, -0.2) is 24.9 Å². The van der Waals surface area contributed by atoms with Crippen LogP contribution in [0.4, 0.5) is 11.4 Å². The molecule has 0 saturated heterocycles. The van der Waals surface area contributed by atoms with E-state index in [-0.39, 0.29) is 0 Å². The summed E-state index contributed by atoms with van der Waals surface area (Å²) in [6.45, 7) is 1.10. The van der Waals surface area contributed by atoms with E-state index in [1.165, 1.54) is 19.3 Å². The van der Waals surface area contributed by atoms with Crippen molar-refractivity contribution in [2.24, 2.45) is 0 Å². The van der Waals surface area contributed by atoms with E-state index in [9.17, 15) is 0 Å². The Balaban J connectivity index is 1.84. The van der Waals surface area contributed by atoms with Crippen LogP contribution in [0.2, 0.25) is 0 Å². The van der Waals surface area contributed by atoms with E-state index in [2.05, 4.69) is 16.7 Å². The summed E-state index contributed by atoms with van der Waals surface area (Å²) in [5, 5.41) is 1.07. The van der Waals surface area contributed by atoms with Gasteiger partial charge < -0.3 is 25.5 Å². The first-order valence-electron chi connectivity index (χ1n) is 9.10. The minimum absolute atomic E-state index is 0.483. The fraction of sp³-hybridized carbons (Fsp3) is 0.333. The average molecular weight is 351 g/mol. The van der Waals surface area contributed by atoms with Crippen LogP contribution in [0.3, 0.4) is 0 Å². The Morgan fingerprint density at radius 2 is 1.81 bits per heavy atom. The topological polar surface area (TPSA) is 75.4 Å². The van der Waals surface area contributed by atoms with Crippen molar-refractivity contribution in [2.45, 2.75) is 25.3 Å². The van der Waals surface area contributed by atoms with Crippen LogP contribution >= 0.6 is 0 Å². The van der Waals surface area contributed by atoms with Gasteiger partial charge in [0.25, 0.3) is 0 Å². The molecule has 1 saturated carbocycles. The van der Waals surface area contributed by atoms with Crippen molar-refractivity contribution < 1.29 is 9.47 Å². The van der Waals surface area contributed by atoms with Crippen LogP contribution in [0.5, 0.6) is 5.75 Å². The molecule has 5 nitrogen and oxygen atoms in total. The third-order valence-corrected chi connectivity index (χ3v) is 5.20. The molecule has 4 rings (SSSR count). The number of nitrogen functional groups attached to an aromatic ring is 2. The largest absolute Gasteiger partial charge is 0.491 e. The Morgan fingerprint density at radius 3 is 2.46 bits per heavy atom. The summed E-state index contributed by atoms with van der Waals surface area (Å²) in [6, 6.07) is 14.6. The lowest BCUT2D eigenvalue weighted by Gasteiger charge is -2.30. The summed E-state index contributed by atoms with van der Waals surface area (Å²) >= 11 is 0. The summed E-state index contributed by atoms with van der Waals surface area (Å²) in [5.41, 5.74) is 17.3. The van der Waals surface area contributed by atoms with Crippen LogP contribution in [0.15, 0.2) is 42.5 Å². The second-order valence-electron chi connectivity index (χ2n) is 6.86. The van der Waals surface area contributed by atoms with Crippen molar-refractivity contribution in [3.63, 3.8) is 0 Å². The summed E-state index contributed by atoms with van der Waals surface area (Å²) in [5.74, 6) is 0.844. The zero-order valence-corrected chi connectivity index (χ0v) is 15.1. The highest BCUT2D eigenvalue weighted by Gasteiger charge is 2.27. The molecule has 1 aliphatic rings. The van der Waals surface area contributed by atoms with Gasteiger partial charge in [-0.15, -0.1) is 0 Å². The molecular formula is C21H25N3O2. The highest BCUT2D eigenvalue weighted by atomic mass is 16.5. The third kappa shape index (κ3) is 2.88. The van der Waals surface area contributed by atoms with Gasteiger partial charge >= 0.3 is 0 Å². The van der Waals surface area contributed by atoms with Gasteiger partial charge in [0.15, 0.2) is 0 Å². The van der Waals surface area contributed by atoms with E-state index >= 15 is 0 Å². The molecule has 26 heavy (non-hydrogen) atoms. The second-order valence-corrected chi connectivity index (χ2v) is 6.86. The molecule has 0 spiro atoms. The third-order valence-electron chi connectivity index (χ3n) is 5.20. The Kier molecular flexibility index (Phi) is 4.47. The van der Waals surface area contributed by atoms with Crippen LogP contribution in [0.25, 0.3) is 22.2 Å². The van der Waals surface area contributed by atoms with E-state index in [1.807, 2.05) is 30.3 Å². The van der Waals surface area contributed by atoms with Gasteiger partial charge in [0, 0.05) is 35.9 Å². The van der Waals surface area contributed by atoms with Crippen LogP contribution in [-0.2, 0) is 4.74 Å². The number of benzene rings is 2. The second kappa shape index (κ2) is 6.92. The lowest BCUT2D eigenvalue weighted by molar-refractivity contribution is 0.146. The van der Waals surface area contributed by atoms with Crippen molar-refractivity contribution in [1.82, 2.24) is 4.57 Å². The van der Waals surface area contributed by atoms with Crippen molar-refractivity contribution in [3.05, 3.63) is 42.5 Å². The Morgan fingerprint density at radius 1 is 1.04 bits per heavy atom. The highest BCUT2D eigenvalue weighted by Crippen LogP contribution is 2.44. The first-order chi connectivity index (χ1) is 12.7. The molecule has 1 aromatic heterocycles. The smallest absolute Gasteiger partial charge is 0.121 e. The number of nitrogens with zero attached hydrogens (tertiary/aromatic N) is 1. The molecule has 4 N–H and O–H groups in total. The fourth-order valence-electron chi connectivity index (χ4n) is 3.61. The lowest BCUT2D eigenvalue weighted by Crippen LogP contribution is -2.18. The molecule has 0 amide bonds. The molecule has 136 valence electrons. The zero-order valence-electron chi connectivity index (χ0n) is 15.1. The molecular weight excluding hydrogens is 326 g/mol. The number of methoxy groups -OCH3 is 1. The van der Waals surface area contributed by atoms with E-state index < -0.39 is 0 Å². The number of hydrogen-bond donors (Lipinski definition) is 2. The van der Waals surface area contributed by atoms with E-state index in [1.54, 1.807) is 7.11 Å². The molecule has 5 heteroatoms. The van der Waals surface area contributed by atoms with E-state index in [4.69, 9.17) is 20.9 Å². The molecule has 0 radical (unpaired) electrons. The number of nitrogens with two attached hydrogens (primary N) is 2. The molecule has 0 aliphatic heterocycles. The SMILES string of the molecule is COCCOc1ccc2c(N)c(-c3ccc(N)cc3)n(C3CCC3)c2c1. The molecule has 1 fully saturated rings. The summed E-state index contributed by atoms with van der Waals surface area (Å²) in [6.07, 6.45) is 3.62. The maximum atomic E-state index is 6.59. The minimum Gasteiger partial charge on any atom is -0.491 e. The Hall–Kier alpha value is -2.66. The number of fused-ring (bicyclic) bond motifs is 1. The summed E-state index contributed by atoms with van der Waals surface area (Å²) in [4.78, 5) is 0. The lowest BCUT2D eigenvalue weighted by atomic mass is 9.92. The first-order valence-corrected chi connectivity index (χ1v) is 9.10. The van der Waals surface area contributed by atoms with Crippen molar-refractivity contribution in [1.29, 1.82) is 0 Å². The maximum absolute atomic E-state index is 6.59. The van der Waals surface area contributed by atoms with Crippen LogP contribution in [0.1, 0.15) is 25.3 Å². The minimum atomic E-state index is 0.483. The van der Waals surface area contributed by atoms with Crippen molar-refractivity contribution in [3.8, 4) is 17.0 Å².